The molecular formula is C14H15BrN4. The molecule has 0 spiro atoms. The lowest BCUT2D eigenvalue weighted by molar-refractivity contribution is 0.905. The Morgan fingerprint density at radius 2 is 2.00 bits per heavy atom. The Morgan fingerprint density at radius 1 is 1.21 bits per heavy atom. The maximum absolute atomic E-state index is 4.56. The van der Waals surface area contributed by atoms with E-state index in [2.05, 4.69) is 36.2 Å². The first kappa shape index (κ1) is 12.5. The first-order chi connectivity index (χ1) is 9.31. The van der Waals surface area contributed by atoms with Gasteiger partial charge in [0.2, 0.25) is 0 Å². The molecule has 5 heteroatoms. The number of hydrogen-bond donors (Lipinski definition) is 1. The largest absolute Gasteiger partial charge is 0.370 e. The summed E-state index contributed by atoms with van der Waals surface area (Å²) in [5.41, 5.74) is 1.28. The number of nitrogens with zero attached hydrogens (tertiary/aromatic N) is 3. The summed E-state index contributed by atoms with van der Waals surface area (Å²) in [7, 11) is 0. The van der Waals surface area contributed by atoms with Crippen LogP contribution in [0.5, 0.6) is 0 Å². The Morgan fingerprint density at radius 3 is 2.74 bits per heavy atom. The fourth-order valence-corrected chi connectivity index (χ4v) is 2.33. The van der Waals surface area contributed by atoms with E-state index in [1.54, 1.807) is 0 Å². The summed E-state index contributed by atoms with van der Waals surface area (Å²) >= 11 is 3.45. The highest BCUT2D eigenvalue weighted by atomic mass is 79.9. The third-order valence-electron chi connectivity index (χ3n) is 3.12. The number of aromatic nitrogens is 3. The van der Waals surface area contributed by atoms with Crippen LogP contribution < -0.4 is 5.32 Å². The molecule has 0 aliphatic heterocycles. The molecule has 0 aromatic carbocycles. The zero-order chi connectivity index (χ0) is 13.1. The average Bonchev–Trinajstić information content (AvgIpc) is 3.24. The Hall–Kier alpha value is -1.49. The molecule has 19 heavy (non-hydrogen) atoms. The van der Waals surface area contributed by atoms with Crippen LogP contribution in [0.1, 0.15) is 30.1 Å². The number of pyridine rings is 1. The van der Waals surface area contributed by atoms with Gasteiger partial charge in [-0.3, -0.25) is 4.98 Å². The van der Waals surface area contributed by atoms with Gasteiger partial charge in [-0.15, -0.1) is 0 Å². The van der Waals surface area contributed by atoms with Gasteiger partial charge in [0, 0.05) is 30.9 Å². The second-order valence-corrected chi connectivity index (χ2v) is 5.55. The predicted octanol–water partition coefficient (Wildman–Crippen LogP) is 3.17. The number of nitrogens with one attached hydrogen (secondary N) is 1. The van der Waals surface area contributed by atoms with Gasteiger partial charge in [0.15, 0.2) is 0 Å². The Labute approximate surface area is 120 Å². The lowest BCUT2D eigenvalue weighted by Crippen LogP contribution is -2.08. The van der Waals surface area contributed by atoms with Gasteiger partial charge in [-0.2, -0.15) is 0 Å². The number of hydrogen-bond acceptors (Lipinski definition) is 4. The van der Waals surface area contributed by atoms with Crippen molar-refractivity contribution in [1.82, 2.24) is 15.0 Å². The van der Waals surface area contributed by atoms with E-state index in [9.17, 15) is 0 Å². The molecule has 0 atom stereocenters. The van der Waals surface area contributed by atoms with Crippen LogP contribution in [-0.2, 0) is 6.42 Å². The normalized spacial score (nSPS) is 14.4. The molecule has 2 aromatic heterocycles. The zero-order valence-electron chi connectivity index (χ0n) is 10.5. The topological polar surface area (TPSA) is 50.7 Å². The van der Waals surface area contributed by atoms with Crippen molar-refractivity contribution in [2.45, 2.75) is 25.2 Å². The van der Waals surface area contributed by atoms with Crippen LogP contribution in [0.25, 0.3) is 0 Å². The van der Waals surface area contributed by atoms with Gasteiger partial charge >= 0.3 is 0 Å². The minimum atomic E-state index is 0.568. The highest BCUT2D eigenvalue weighted by molar-refractivity contribution is 9.10. The Bertz CT molecular complexity index is 555. The van der Waals surface area contributed by atoms with E-state index >= 15 is 0 Å². The Kier molecular flexibility index (Phi) is 3.73. The molecule has 3 rings (SSSR count). The molecule has 1 saturated carbocycles. The standard InChI is InChI=1S/C14H15BrN4/c15-12-9-13(19-14(18-12)11-1-2-11)17-8-5-10-3-6-16-7-4-10/h3-4,6-7,9,11H,1-2,5,8H2,(H,17,18,19). The summed E-state index contributed by atoms with van der Waals surface area (Å²) in [6.45, 7) is 0.859. The molecule has 0 amide bonds. The second-order valence-electron chi connectivity index (χ2n) is 4.74. The first-order valence-corrected chi connectivity index (χ1v) is 7.28. The minimum Gasteiger partial charge on any atom is -0.370 e. The van der Waals surface area contributed by atoms with E-state index in [-0.39, 0.29) is 0 Å². The summed E-state index contributed by atoms with van der Waals surface area (Å²) in [5.74, 6) is 2.43. The first-order valence-electron chi connectivity index (χ1n) is 6.48. The molecule has 2 aromatic rings. The fraction of sp³-hybridized carbons (Fsp3) is 0.357. The molecule has 1 aliphatic rings. The molecule has 0 bridgehead atoms. The van der Waals surface area contributed by atoms with E-state index in [0.29, 0.717) is 5.92 Å². The van der Waals surface area contributed by atoms with Gasteiger partial charge in [-0.1, -0.05) is 0 Å². The lowest BCUT2D eigenvalue weighted by Gasteiger charge is -2.07. The smallest absolute Gasteiger partial charge is 0.135 e. The molecule has 0 saturated heterocycles. The molecule has 0 radical (unpaired) electrons. The highest BCUT2D eigenvalue weighted by Gasteiger charge is 2.27. The average molecular weight is 319 g/mol. The monoisotopic (exact) mass is 318 g/mol. The van der Waals surface area contributed by atoms with Crippen molar-refractivity contribution >= 4 is 21.7 Å². The van der Waals surface area contributed by atoms with Gasteiger partial charge < -0.3 is 5.32 Å². The second kappa shape index (κ2) is 5.65. The quantitative estimate of drug-likeness (QED) is 0.860. The molecule has 4 nitrogen and oxygen atoms in total. The van der Waals surface area contributed by atoms with Crippen molar-refractivity contribution in [3.05, 3.63) is 46.6 Å². The van der Waals surface area contributed by atoms with Crippen molar-refractivity contribution in [3.8, 4) is 0 Å². The van der Waals surface area contributed by atoms with Crippen LogP contribution in [-0.4, -0.2) is 21.5 Å². The molecule has 1 aliphatic carbocycles. The van der Waals surface area contributed by atoms with Crippen LogP contribution in [0.2, 0.25) is 0 Å². The summed E-state index contributed by atoms with van der Waals surface area (Å²) in [5, 5.41) is 3.36. The third kappa shape index (κ3) is 3.50. The van der Waals surface area contributed by atoms with Crippen molar-refractivity contribution in [2.24, 2.45) is 0 Å². The van der Waals surface area contributed by atoms with Crippen LogP contribution in [0.4, 0.5) is 5.82 Å². The van der Waals surface area contributed by atoms with Gasteiger partial charge in [0.1, 0.15) is 16.2 Å². The van der Waals surface area contributed by atoms with Crippen molar-refractivity contribution in [3.63, 3.8) is 0 Å². The highest BCUT2D eigenvalue weighted by Crippen LogP contribution is 2.38. The van der Waals surface area contributed by atoms with E-state index in [0.717, 1.165) is 29.2 Å². The minimum absolute atomic E-state index is 0.568. The molecule has 2 heterocycles. The van der Waals surface area contributed by atoms with Gasteiger partial charge in [0.25, 0.3) is 0 Å². The Balaban J connectivity index is 1.60. The van der Waals surface area contributed by atoms with Crippen LogP contribution in [0, 0.1) is 0 Å². The molecule has 1 fully saturated rings. The number of rotatable bonds is 5. The van der Waals surface area contributed by atoms with Crippen molar-refractivity contribution in [2.75, 3.05) is 11.9 Å². The SMILES string of the molecule is Brc1cc(NCCc2ccncc2)nc(C2CC2)n1. The molecule has 98 valence electrons. The summed E-state index contributed by atoms with van der Waals surface area (Å²) in [6.07, 6.45) is 7.03. The number of halogens is 1. The summed E-state index contributed by atoms with van der Waals surface area (Å²) < 4.78 is 0.857. The molecule has 0 unspecified atom stereocenters. The maximum Gasteiger partial charge on any atom is 0.135 e. The van der Waals surface area contributed by atoms with Crippen LogP contribution in [0.3, 0.4) is 0 Å². The van der Waals surface area contributed by atoms with Crippen LogP contribution in [0.15, 0.2) is 35.2 Å². The van der Waals surface area contributed by atoms with E-state index in [1.807, 2.05) is 30.6 Å². The number of anilines is 1. The van der Waals surface area contributed by atoms with Crippen molar-refractivity contribution in [1.29, 1.82) is 0 Å². The fourth-order valence-electron chi connectivity index (χ4n) is 1.93. The zero-order valence-corrected chi connectivity index (χ0v) is 12.1. The van der Waals surface area contributed by atoms with E-state index in [1.165, 1.54) is 18.4 Å². The van der Waals surface area contributed by atoms with E-state index in [4.69, 9.17) is 0 Å². The maximum atomic E-state index is 4.56. The summed E-state index contributed by atoms with van der Waals surface area (Å²) in [6, 6.07) is 6.00. The van der Waals surface area contributed by atoms with Crippen LogP contribution >= 0.6 is 15.9 Å². The molecular weight excluding hydrogens is 304 g/mol. The van der Waals surface area contributed by atoms with Crippen molar-refractivity contribution < 1.29 is 0 Å². The third-order valence-corrected chi connectivity index (χ3v) is 3.53. The summed E-state index contributed by atoms with van der Waals surface area (Å²) in [4.78, 5) is 13.0. The molecule has 1 N–H and O–H groups in total. The van der Waals surface area contributed by atoms with Gasteiger partial charge in [0.05, 0.1) is 0 Å². The van der Waals surface area contributed by atoms with E-state index < -0.39 is 0 Å². The van der Waals surface area contributed by atoms with Gasteiger partial charge in [-0.25, -0.2) is 9.97 Å². The predicted molar refractivity (Wildman–Crippen MR) is 78.1 cm³/mol. The van der Waals surface area contributed by atoms with Gasteiger partial charge in [-0.05, 0) is 52.9 Å². The lowest BCUT2D eigenvalue weighted by atomic mass is 10.2.